The molecule has 2 aromatic rings. The number of benzene rings is 2. The van der Waals surface area contributed by atoms with Crippen LogP contribution in [0.1, 0.15) is 24.9 Å². The number of nitrogens with one attached hydrogen (secondary N) is 1. The molecule has 3 nitrogen and oxygen atoms in total. The van der Waals surface area contributed by atoms with Crippen molar-refractivity contribution in [1.82, 2.24) is 0 Å². The van der Waals surface area contributed by atoms with Crippen LogP contribution < -0.4 is 14.8 Å². The quantitative estimate of drug-likeness (QED) is 0.854. The minimum absolute atomic E-state index is 0.121. The van der Waals surface area contributed by atoms with Gasteiger partial charge in [-0.2, -0.15) is 0 Å². The molecule has 0 aromatic heterocycles. The topological polar surface area (TPSA) is 30.5 Å². The first-order valence-electron chi connectivity index (χ1n) is 6.92. The average Bonchev–Trinajstić information content (AvgIpc) is 2.53. The number of halogens is 1. The second-order valence-corrected chi connectivity index (χ2v) is 4.73. The van der Waals surface area contributed by atoms with Gasteiger partial charge in [-0.25, -0.2) is 4.39 Å². The Hall–Kier alpha value is -2.23. The summed E-state index contributed by atoms with van der Waals surface area (Å²) in [6.07, 6.45) is 0.896. The van der Waals surface area contributed by atoms with Crippen molar-refractivity contribution in [2.24, 2.45) is 0 Å². The SMILES string of the molecule is CCC(Nc1ccc(F)cc1)c1ccc(OC)c(OC)c1. The van der Waals surface area contributed by atoms with Gasteiger partial charge >= 0.3 is 0 Å². The summed E-state index contributed by atoms with van der Waals surface area (Å²) in [6.45, 7) is 2.10. The summed E-state index contributed by atoms with van der Waals surface area (Å²) in [5.41, 5.74) is 1.98. The molecule has 0 saturated carbocycles. The predicted molar refractivity (Wildman–Crippen MR) is 82.6 cm³/mol. The summed E-state index contributed by atoms with van der Waals surface area (Å²) < 4.78 is 23.5. The summed E-state index contributed by atoms with van der Waals surface area (Å²) in [5.74, 6) is 1.17. The molecule has 2 rings (SSSR count). The summed E-state index contributed by atoms with van der Waals surface area (Å²) in [6, 6.07) is 12.3. The lowest BCUT2D eigenvalue weighted by Gasteiger charge is -2.20. The molecule has 0 bridgehead atoms. The second-order valence-electron chi connectivity index (χ2n) is 4.73. The lowest BCUT2D eigenvalue weighted by Crippen LogP contribution is -2.10. The molecular formula is C17H20FNO2. The number of ether oxygens (including phenoxy) is 2. The maximum atomic E-state index is 13.0. The van der Waals surface area contributed by atoms with Gasteiger partial charge in [-0.15, -0.1) is 0 Å². The summed E-state index contributed by atoms with van der Waals surface area (Å²) >= 11 is 0. The number of hydrogen-bond donors (Lipinski definition) is 1. The monoisotopic (exact) mass is 289 g/mol. The molecule has 21 heavy (non-hydrogen) atoms. The molecule has 1 unspecified atom stereocenters. The molecule has 0 spiro atoms. The van der Waals surface area contributed by atoms with Crippen molar-refractivity contribution in [3.63, 3.8) is 0 Å². The first kappa shape index (κ1) is 15.2. The number of methoxy groups -OCH3 is 2. The van der Waals surface area contributed by atoms with Crippen molar-refractivity contribution in [3.8, 4) is 11.5 Å². The van der Waals surface area contributed by atoms with Crippen molar-refractivity contribution in [2.75, 3.05) is 19.5 Å². The lowest BCUT2D eigenvalue weighted by molar-refractivity contribution is 0.354. The van der Waals surface area contributed by atoms with E-state index in [1.165, 1.54) is 12.1 Å². The molecular weight excluding hydrogens is 269 g/mol. The van der Waals surface area contributed by atoms with Crippen LogP contribution in [0.25, 0.3) is 0 Å². The molecule has 112 valence electrons. The van der Waals surface area contributed by atoms with Gasteiger partial charge in [-0.1, -0.05) is 13.0 Å². The van der Waals surface area contributed by atoms with Crippen LogP contribution in [0.4, 0.5) is 10.1 Å². The standard InChI is InChI=1S/C17H20FNO2/c1-4-15(19-14-8-6-13(18)7-9-14)12-5-10-16(20-2)17(11-12)21-3/h5-11,15,19H,4H2,1-3H3. The van der Waals surface area contributed by atoms with Gasteiger partial charge in [-0.3, -0.25) is 0 Å². The molecule has 0 aliphatic heterocycles. The molecule has 0 aliphatic rings. The van der Waals surface area contributed by atoms with Gasteiger partial charge in [0, 0.05) is 5.69 Å². The highest BCUT2D eigenvalue weighted by atomic mass is 19.1. The molecule has 0 heterocycles. The van der Waals surface area contributed by atoms with Crippen molar-refractivity contribution in [2.45, 2.75) is 19.4 Å². The molecule has 0 saturated heterocycles. The van der Waals surface area contributed by atoms with E-state index in [1.807, 2.05) is 18.2 Å². The van der Waals surface area contributed by atoms with Gasteiger partial charge in [0.1, 0.15) is 5.82 Å². The fourth-order valence-electron chi connectivity index (χ4n) is 2.24. The van der Waals surface area contributed by atoms with Gasteiger partial charge in [-0.05, 0) is 48.4 Å². The van der Waals surface area contributed by atoms with E-state index in [9.17, 15) is 4.39 Å². The van der Waals surface area contributed by atoms with Crippen LogP contribution in [0.5, 0.6) is 11.5 Å². The van der Waals surface area contributed by atoms with Gasteiger partial charge in [0.25, 0.3) is 0 Å². The number of hydrogen-bond acceptors (Lipinski definition) is 3. The predicted octanol–water partition coefficient (Wildman–Crippen LogP) is 4.41. The molecule has 0 radical (unpaired) electrons. The third kappa shape index (κ3) is 3.66. The number of anilines is 1. The molecule has 0 aliphatic carbocycles. The van der Waals surface area contributed by atoms with E-state index in [1.54, 1.807) is 26.4 Å². The number of rotatable bonds is 6. The van der Waals surface area contributed by atoms with Crippen molar-refractivity contribution >= 4 is 5.69 Å². The Bertz CT molecular complexity index is 584. The maximum absolute atomic E-state index is 13.0. The molecule has 0 fully saturated rings. The Balaban J connectivity index is 2.22. The maximum Gasteiger partial charge on any atom is 0.161 e. The van der Waals surface area contributed by atoms with E-state index in [4.69, 9.17) is 9.47 Å². The second kappa shape index (κ2) is 6.97. The molecule has 4 heteroatoms. The van der Waals surface area contributed by atoms with Gasteiger partial charge in [0.05, 0.1) is 20.3 Å². The van der Waals surface area contributed by atoms with Crippen molar-refractivity contribution in [3.05, 3.63) is 53.8 Å². The first-order chi connectivity index (χ1) is 10.2. The fourth-order valence-corrected chi connectivity index (χ4v) is 2.24. The molecule has 2 aromatic carbocycles. The Morgan fingerprint density at radius 3 is 2.24 bits per heavy atom. The Morgan fingerprint density at radius 1 is 1.00 bits per heavy atom. The highest BCUT2D eigenvalue weighted by Crippen LogP contribution is 2.32. The van der Waals surface area contributed by atoms with Crippen LogP contribution in [0.3, 0.4) is 0 Å². The minimum atomic E-state index is -0.236. The van der Waals surface area contributed by atoms with E-state index in [2.05, 4.69) is 12.2 Å². The van der Waals surface area contributed by atoms with E-state index in [0.717, 1.165) is 17.7 Å². The first-order valence-corrected chi connectivity index (χ1v) is 6.92. The zero-order valence-electron chi connectivity index (χ0n) is 12.5. The van der Waals surface area contributed by atoms with Crippen LogP contribution >= 0.6 is 0 Å². The van der Waals surface area contributed by atoms with Crippen LogP contribution in [0.2, 0.25) is 0 Å². The van der Waals surface area contributed by atoms with Crippen LogP contribution in [-0.2, 0) is 0 Å². The largest absolute Gasteiger partial charge is 0.493 e. The average molecular weight is 289 g/mol. The van der Waals surface area contributed by atoms with Crippen molar-refractivity contribution < 1.29 is 13.9 Å². The van der Waals surface area contributed by atoms with E-state index in [-0.39, 0.29) is 11.9 Å². The smallest absolute Gasteiger partial charge is 0.161 e. The zero-order valence-corrected chi connectivity index (χ0v) is 12.5. The fraction of sp³-hybridized carbons (Fsp3) is 0.294. The third-order valence-electron chi connectivity index (χ3n) is 3.40. The Labute approximate surface area is 124 Å². The molecule has 0 amide bonds. The summed E-state index contributed by atoms with van der Waals surface area (Å²) in [4.78, 5) is 0. The van der Waals surface area contributed by atoms with E-state index >= 15 is 0 Å². The van der Waals surface area contributed by atoms with Crippen LogP contribution in [0, 0.1) is 5.82 Å². The Kier molecular flexibility index (Phi) is 5.04. The van der Waals surface area contributed by atoms with E-state index in [0.29, 0.717) is 11.5 Å². The third-order valence-corrected chi connectivity index (χ3v) is 3.40. The normalized spacial score (nSPS) is 11.8. The lowest BCUT2D eigenvalue weighted by atomic mass is 10.0. The van der Waals surface area contributed by atoms with Crippen LogP contribution in [-0.4, -0.2) is 14.2 Å². The highest BCUT2D eigenvalue weighted by Gasteiger charge is 2.12. The molecule has 1 atom stereocenters. The summed E-state index contributed by atoms with van der Waals surface area (Å²) in [5, 5.41) is 3.40. The van der Waals surface area contributed by atoms with Gasteiger partial charge in [0.2, 0.25) is 0 Å². The zero-order chi connectivity index (χ0) is 15.2. The van der Waals surface area contributed by atoms with Gasteiger partial charge < -0.3 is 14.8 Å². The Morgan fingerprint density at radius 2 is 1.67 bits per heavy atom. The summed E-state index contributed by atoms with van der Waals surface area (Å²) in [7, 11) is 3.24. The minimum Gasteiger partial charge on any atom is -0.493 e. The highest BCUT2D eigenvalue weighted by molar-refractivity contribution is 5.48. The van der Waals surface area contributed by atoms with Crippen molar-refractivity contribution in [1.29, 1.82) is 0 Å². The van der Waals surface area contributed by atoms with E-state index < -0.39 is 0 Å². The van der Waals surface area contributed by atoms with Gasteiger partial charge in [0.15, 0.2) is 11.5 Å². The molecule has 1 N–H and O–H groups in total. The van der Waals surface area contributed by atoms with Crippen LogP contribution in [0.15, 0.2) is 42.5 Å².